The largest absolute Gasteiger partial charge is 0.354 e. The molecule has 90 valence electrons. The zero-order valence-electron chi connectivity index (χ0n) is 9.05. The molecule has 5 heteroatoms. The summed E-state index contributed by atoms with van der Waals surface area (Å²) in [6, 6.07) is 11.7. The van der Waals surface area contributed by atoms with Crippen LogP contribution in [0.3, 0.4) is 0 Å². The summed E-state index contributed by atoms with van der Waals surface area (Å²) in [7, 11) is 0. The number of halogens is 3. The van der Waals surface area contributed by atoms with Gasteiger partial charge in [0.2, 0.25) is 0 Å². The first-order valence-corrected chi connectivity index (χ1v) is 6.60. The number of nitriles is 1. The number of nitrogens with one attached hydrogen (secondary N) is 1. The van der Waals surface area contributed by atoms with Crippen LogP contribution in [0.25, 0.3) is 0 Å². The van der Waals surface area contributed by atoms with E-state index in [1.54, 1.807) is 24.3 Å². The lowest BCUT2D eigenvalue weighted by atomic mass is 10.2. The molecule has 0 radical (unpaired) electrons. The van der Waals surface area contributed by atoms with Crippen molar-refractivity contribution >= 4 is 43.2 Å². The van der Waals surface area contributed by atoms with E-state index in [2.05, 4.69) is 43.2 Å². The maximum Gasteiger partial charge on any atom is 0.125 e. The lowest BCUT2D eigenvalue weighted by Gasteiger charge is -2.09. The van der Waals surface area contributed by atoms with Gasteiger partial charge in [-0.2, -0.15) is 5.26 Å². The Hall–Kier alpha value is -1.38. The number of anilines is 2. The van der Waals surface area contributed by atoms with E-state index in [1.807, 2.05) is 0 Å². The molecule has 2 rings (SSSR count). The minimum Gasteiger partial charge on any atom is -0.354 e. The number of hydrogen-bond donors (Lipinski definition) is 1. The van der Waals surface area contributed by atoms with Gasteiger partial charge in [0.1, 0.15) is 11.9 Å². The number of nitrogens with zero attached hydrogens (tertiary/aromatic N) is 1. The van der Waals surface area contributed by atoms with Crippen LogP contribution in [0.1, 0.15) is 5.56 Å². The van der Waals surface area contributed by atoms with Crippen molar-refractivity contribution in [3.8, 4) is 6.07 Å². The molecular formula is C13H7Br2FN2. The van der Waals surface area contributed by atoms with Gasteiger partial charge < -0.3 is 5.32 Å². The molecule has 18 heavy (non-hydrogen) atoms. The van der Waals surface area contributed by atoms with Crippen LogP contribution in [0.15, 0.2) is 45.3 Å². The van der Waals surface area contributed by atoms with Crippen molar-refractivity contribution in [3.63, 3.8) is 0 Å². The van der Waals surface area contributed by atoms with E-state index < -0.39 is 0 Å². The van der Waals surface area contributed by atoms with Gasteiger partial charge >= 0.3 is 0 Å². The molecule has 0 fully saturated rings. The average Bonchev–Trinajstić information content (AvgIpc) is 2.34. The lowest BCUT2D eigenvalue weighted by Crippen LogP contribution is -1.93. The van der Waals surface area contributed by atoms with E-state index in [1.165, 1.54) is 12.1 Å². The highest BCUT2D eigenvalue weighted by Gasteiger charge is 2.04. The summed E-state index contributed by atoms with van der Waals surface area (Å²) in [5, 5.41) is 11.9. The van der Waals surface area contributed by atoms with Crippen LogP contribution in [0.5, 0.6) is 0 Å². The van der Waals surface area contributed by atoms with Gasteiger partial charge in [-0.25, -0.2) is 4.39 Å². The van der Waals surface area contributed by atoms with Gasteiger partial charge in [-0.15, -0.1) is 0 Å². The lowest BCUT2D eigenvalue weighted by molar-refractivity contribution is 0.628. The molecule has 2 aromatic carbocycles. The first kappa shape index (κ1) is 13.1. The van der Waals surface area contributed by atoms with Gasteiger partial charge in [0.15, 0.2) is 0 Å². The van der Waals surface area contributed by atoms with Crippen molar-refractivity contribution in [1.29, 1.82) is 5.26 Å². The van der Waals surface area contributed by atoms with Crippen molar-refractivity contribution in [2.24, 2.45) is 0 Å². The van der Waals surface area contributed by atoms with Gasteiger partial charge in [0.05, 0.1) is 11.3 Å². The standard InChI is InChI=1S/C13H7Br2FN2/c14-11-4-2-9(16)5-13(11)18-10-3-1-8(7-17)12(15)6-10/h1-6,18H. The Kier molecular flexibility index (Phi) is 4.00. The highest BCUT2D eigenvalue weighted by molar-refractivity contribution is 9.11. The van der Waals surface area contributed by atoms with Crippen LogP contribution < -0.4 is 5.32 Å². The topological polar surface area (TPSA) is 35.8 Å². The minimum atomic E-state index is -0.312. The summed E-state index contributed by atoms with van der Waals surface area (Å²) in [4.78, 5) is 0. The highest BCUT2D eigenvalue weighted by atomic mass is 79.9. The second kappa shape index (κ2) is 5.51. The SMILES string of the molecule is N#Cc1ccc(Nc2cc(F)ccc2Br)cc1Br. The Labute approximate surface area is 121 Å². The van der Waals surface area contributed by atoms with Gasteiger partial charge in [-0.1, -0.05) is 0 Å². The predicted molar refractivity (Wildman–Crippen MR) is 76.2 cm³/mol. The maximum absolute atomic E-state index is 13.1. The molecule has 0 aliphatic carbocycles. The van der Waals surface area contributed by atoms with E-state index in [-0.39, 0.29) is 5.82 Å². The third kappa shape index (κ3) is 2.89. The van der Waals surface area contributed by atoms with E-state index in [9.17, 15) is 4.39 Å². The van der Waals surface area contributed by atoms with E-state index >= 15 is 0 Å². The minimum absolute atomic E-state index is 0.312. The molecule has 0 aromatic heterocycles. The Morgan fingerprint density at radius 1 is 1.06 bits per heavy atom. The quantitative estimate of drug-likeness (QED) is 0.811. The Bertz CT molecular complexity index is 635. The second-order valence-electron chi connectivity index (χ2n) is 3.56. The molecule has 0 saturated heterocycles. The molecule has 0 aliphatic rings. The average molecular weight is 370 g/mol. The summed E-state index contributed by atoms with van der Waals surface area (Å²) in [5.74, 6) is -0.312. The third-order valence-corrected chi connectivity index (χ3v) is 3.64. The maximum atomic E-state index is 13.1. The van der Waals surface area contributed by atoms with E-state index in [0.29, 0.717) is 15.7 Å². The van der Waals surface area contributed by atoms with Gasteiger partial charge in [-0.05, 0) is 68.3 Å². The molecule has 0 aliphatic heterocycles. The monoisotopic (exact) mass is 368 g/mol. The highest BCUT2D eigenvalue weighted by Crippen LogP contribution is 2.28. The first-order valence-electron chi connectivity index (χ1n) is 5.02. The fourth-order valence-electron chi connectivity index (χ4n) is 1.43. The van der Waals surface area contributed by atoms with Crippen LogP contribution in [-0.2, 0) is 0 Å². The molecular weight excluding hydrogens is 363 g/mol. The Morgan fingerprint density at radius 3 is 2.50 bits per heavy atom. The smallest absolute Gasteiger partial charge is 0.125 e. The summed E-state index contributed by atoms with van der Waals surface area (Å²) in [6.07, 6.45) is 0. The van der Waals surface area contributed by atoms with Gasteiger partial charge in [-0.3, -0.25) is 0 Å². The van der Waals surface area contributed by atoms with Crippen molar-refractivity contribution in [2.45, 2.75) is 0 Å². The molecule has 0 saturated carbocycles. The molecule has 2 nitrogen and oxygen atoms in total. The fourth-order valence-corrected chi connectivity index (χ4v) is 2.25. The van der Waals surface area contributed by atoms with Crippen LogP contribution in [0, 0.1) is 17.1 Å². The fraction of sp³-hybridized carbons (Fsp3) is 0. The molecule has 0 heterocycles. The Morgan fingerprint density at radius 2 is 1.83 bits per heavy atom. The van der Waals surface area contributed by atoms with Crippen LogP contribution in [-0.4, -0.2) is 0 Å². The van der Waals surface area contributed by atoms with E-state index in [0.717, 1.165) is 10.2 Å². The number of rotatable bonds is 2. The summed E-state index contributed by atoms with van der Waals surface area (Å²) < 4.78 is 14.6. The first-order chi connectivity index (χ1) is 8.60. The van der Waals surface area contributed by atoms with Crippen molar-refractivity contribution in [1.82, 2.24) is 0 Å². The molecule has 1 N–H and O–H groups in total. The second-order valence-corrected chi connectivity index (χ2v) is 5.26. The molecule has 0 amide bonds. The molecule has 2 aromatic rings. The summed E-state index contributed by atoms with van der Waals surface area (Å²) >= 11 is 6.65. The number of benzene rings is 2. The Balaban J connectivity index is 2.32. The molecule has 0 atom stereocenters. The molecule has 0 unspecified atom stereocenters. The predicted octanol–water partition coefficient (Wildman–Crippen LogP) is 4.97. The van der Waals surface area contributed by atoms with E-state index in [4.69, 9.17) is 5.26 Å². The zero-order chi connectivity index (χ0) is 13.1. The van der Waals surface area contributed by atoms with Gasteiger partial charge in [0, 0.05) is 14.6 Å². The molecule has 0 bridgehead atoms. The van der Waals surface area contributed by atoms with Crippen LogP contribution in [0.4, 0.5) is 15.8 Å². The summed E-state index contributed by atoms with van der Waals surface area (Å²) in [5.41, 5.74) is 1.96. The van der Waals surface area contributed by atoms with Gasteiger partial charge in [0.25, 0.3) is 0 Å². The number of hydrogen-bond acceptors (Lipinski definition) is 2. The van der Waals surface area contributed by atoms with Crippen LogP contribution >= 0.6 is 31.9 Å². The molecule has 0 spiro atoms. The van der Waals surface area contributed by atoms with Crippen molar-refractivity contribution < 1.29 is 4.39 Å². The van der Waals surface area contributed by atoms with Crippen LogP contribution in [0.2, 0.25) is 0 Å². The summed E-state index contributed by atoms with van der Waals surface area (Å²) in [6.45, 7) is 0. The zero-order valence-corrected chi connectivity index (χ0v) is 12.2. The van der Waals surface area contributed by atoms with Crippen molar-refractivity contribution in [2.75, 3.05) is 5.32 Å². The van der Waals surface area contributed by atoms with Crippen molar-refractivity contribution in [3.05, 3.63) is 56.7 Å². The third-order valence-electron chi connectivity index (χ3n) is 2.30. The normalized spacial score (nSPS) is 9.89.